The molecule has 0 aliphatic rings. The molecule has 0 radical (unpaired) electrons. The molecule has 0 atom stereocenters. The molecule has 0 aliphatic heterocycles. The number of hydrogen-bond donors (Lipinski definition) is 0. The maximum atomic E-state index is 13.4. The second kappa shape index (κ2) is 7.84. The first-order valence-corrected chi connectivity index (χ1v) is 10.6. The highest BCUT2D eigenvalue weighted by atomic mass is 32.2. The second-order valence-corrected chi connectivity index (χ2v) is 8.70. The molecule has 4 nitrogen and oxygen atoms in total. The molecule has 0 fully saturated rings. The summed E-state index contributed by atoms with van der Waals surface area (Å²) in [4.78, 5) is 20.4. The molecule has 6 heteroatoms. The van der Waals surface area contributed by atoms with E-state index in [-0.39, 0.29) is 5.56 Å². The molecule has 0 N–H and O–H groups in total. The van der Waals surface area contributed by atoms with Crippen LogP contribution in [0.15, 0.2) is 34.2 Å². The highest BCUT2D eigenvalue weighted by Gasteiger charge is 2.19. The smallest absolute Gasteiger partial charge is 0.267 e. The monoisotopic (exact) mass is 388 g/mol. The highest BCUT2D eigenvalue weighted by molar-refractivity contribution is 7.99. The van der Waals surface area contributed by atoms with Crippen LogP contribution in [0.5, 0.6) is 5.75 Å². The molecular weight excluding hydrogens is 364 g/mol. The number of ether oxygens (including phenoxy) is 1. The molecule has 3 rings (SSSR count). The Labute approximate surface area is 162 Å². The number of aromatic nitrogens is 2. The molecule has 2 aromatic heterocycles. The number of thioether (sulfide) groups is 1. The van der Waals surface area contributed by atoms with Crippen LogP contribution < -0.4 is 10.3 Å². The molecule has 0 bridgehead atoms. The van der Waals surface area contributed by atoms with Crippen molar-refractivity contribution >= 4 is 33.3 Å². The first kappa shape index (κ1) is 19.0. The number of thiophene rings is 1. The molecule has 0 spiro atoms. The van der Waals surface area contributed by atoms with Crippen LogP contribution in [0, 0.1) is 12.8 Å². The summed E-state index contributed by atoms with van der Waals surface area (Å²) >= 11 is 3.27. The summed E-state index contributed by atoms with van der Waals surface area (Å²) in [6.07, 6.45) is 0.917. The van der Waals surface area contributed by atoms with Gasteiger partial charge in [0.05, 0.1) is 18.2 Å². The van der Waals surface area contributed by atoms with Gasteiger partial charge in [0.15, 0.2) is 5.16 Å². The summed E-state index contributed by atoms with van der Waals surface area (Å²) < 4.78 is 7.08. The summed E-state index contributed by atoms with van der Waals surface area (Å²) in [5, 5.41) is 1.48. The minimum absolute atomic E-state index is 0.00274. The van der Waals surface area contributed by atoms with E-state index in [2.05, 4.69) is 20.8 Å². The highest BCUT2D eigenvalue weighted by Crippen LogP contribution is 2.31. The molecule has 26 heavy (non-hydrogen) atoms. The van der Waals surface area contributed by atoms with Crippen LogP contribution in [0.1, 0.15) is 31.2 Å². The molecular formula is C20H24N2O2S2. The average Bonchev–Trinajstić information content (AvgIpc) is 2.96. The second-order valence-electron chi connectivity index (χ2n) is 6.63. The number of fused-ring (bicyclic) bond motifs is 1. The number of hydrogen-bond acceptors (Lipinski definition) is 5. The van der Waals surface area contributed by atoms with Gasteiger partial charge in [-0.2, -0.15) is 0 Å². The van der Waals surface area contributed by atoms with Gasteiger partial charge in [0, 0.05) is 16.7 Å². The van der Waals surface area contributed by atoms with Crippen molar-refractivity contribution in [3.8, 4) is 11.4 Å². The van der Waals surface area contributed by atoms with Crippen molar-refractivity contribution in [1.29, 1.82) is 0 Å². The Balaban J connectivity index is 2.29. The Morgan fingerprint density at radius 1 is 1.35 bits per heavy atom. The number of methoxy groups -OCH3 is 1. The van der Waals surface area contributed by atoms with Gasteiger partial charge in [-0.3, -0.25) is 9.36 Å². The quantitative estimate of drug-likeness (QED) is 0.436. The van der Waals surface area contributed by atoms with Gasteiger partial charge in [-0.25, -0.2) is 4.98 Å². The van der Waals surface area contributed by atoms with Crippen LogP contribution in [0.25, 0.3) is 15.9 Å². The summed E-state index contributed by atoms with van der Waals surface area (Å²) in [5.74, 6) is 2.15. The van der Waals surface area contributed by atoms with Gasteiger partial charge in [-0.1, -0.05) is 38.6 Å². The van der Waals surface area contributed by atoms with E-state index in [1.807, 2.05) is 31.2 Å². The Morgan fingerprint density at radius 3 is 2.77 bits per heavy atom. The van der Waals surface area contributed by atoms with Gasteiger partial charge >= 0.3 is 0 Å². The molecule has 2 heterocycles. The lowest BCUT2D eigenvalue weighted by Gasteiger charge is -2.14. The minimum Gasteiger partial charge on any atom is -0.497 e. The van der Waals surface area contributed by atoms with E-state index in [4.69, 9.17) is 9.72 Å². The third-order valence-electron chi connectivity index (χ3n) is 4.21. The molecule has 1 aromatic carbocycles. The summed E-state index contributed by atoms with van der Waals surface area (Å²) in [7, 11) is 1.63. The number of benzene rings is 1. The first-order valence-electron chi connectivity index (χ1n) is 8.78. The number of rotatable bonds is 6. The normalized spacial score (nSPS) is 11.5. The molecule has 3 aromatic rings. The zero-order chi connectivity index (χ0) is 18.8. The van der Waals surface area contributed by atoms with Crippen molar-refractivity contribution in [1.82, 2.24) is 9.55 Å². The van der Waals surface area contributed by atoms with E-state index in [1.165, 1.54) is 4.88 Å². The van der Waals surface area contributed by atoms with E-state index in [9.17, 15) is 4.79 Å². The SMILES string of the molecule is CCc1sc2nc(SCC(C)C)n(-c3cccc(OC)c3)c(=O)c2c1C. The Hall–Kier alpha value is -1.79. The summed E-state index contributed by atoms with van der Waals surface area (Å²) in [6.45, 7) is 8.48. The molecule has 0 unspecified atom stereocenters. The summed E-state index contributed by atoms with van der Waals surface area (Å²) in [5.41, 5.74) is 1.85. The van der Waals surface area contributed by atoms with Crippen LogP contribution in [-0.2, 0) is 6.42 Å². The van der Waals surface area contributed by atoms with Crippen molar-refractivity contribution in [3.05, 3.63) is 45.1 Å². The van der Waals surface area contributed by atoms with E-state index >= 15 is 0 Å². The van der Waals surface area contributed by atoms with Gasteiger partial charge in [-0.05, 0) is 37.0 Å². The van der Waals surface area contributed by atoms with E-state index < -0.39 is 0 Å². The maximum absolute atomic E-state index is 13.4. The number of nitrogens with zero attached hydrogens (tertiary/aromatic N) is 2. The molecule has 138 valence electrons. The van der Waals surface area contributed by atoms with Crippen molar-refractivity contribution in [2.75, 3.05) is 12.9 Å². The molecule has 0 amide bonds. The van der Waals surface area contributed by atoms with Crippen molar-refractivity contribution < 1.29 is 4.74 Å². The lowest BCUT2D eigenvalue weighted by atomic mass is 10.2. The van der Waals surface area contributed by atoms with Crippen LogP contribution in [0.3, 0.4) is 0 Å². The number of aryl methyl sites for hydroxylation is 2. The van der Waals surface area contributed by atoms with Crippen LogP contribution >= 0.6 is 23.1 Å². The van der Waals surface area contributed by atoms with Crippen LogP contribution in [0.2, 0.25) is 0 Å². The zero-order valence-electron chi connectivity index (χ0n) is 15.8. The third-order valence-corrected chi connectivity index (χ3v) is 6.91. The van der Waals surface area contributed by atoms with Gasteiger partial charge in [0.25, 0.3) is 5.56 Å². The van der Waals surface area contributed by atoms with E-state index in [0.29, 0.717) is 5.92 Å². The molecule has 0 saturated carbocycles. The molecule has 0 saturated heterocycles. The van der Waals surface area contributed by atoms with E-state index in [0.717, 1.165) is 44.5 Å². The Bertz CT molecular complexity index is 989. The minimum atomic E-state index is 0.00274. The third kappa shape index (κ3) is 3.53. The van der Waals surface area contributed by atoms with Crippen molar-refractivity contribution in [2.24, 2.45) is 5.92 Å². The average molecular weight is 389 g/mol. The van der Waals surface area contributed by atoms with Gasteiger partial charge < -0.3 is 4.74 Å². The van der Waals surface area contributed by atoms with Gasteiger partial charge in [0.2, 0.25) is 0 Å². The van der Waals surface area contributed by atoms with Crippen molar-refractivity contribution in [2.45, 2.75) is 39.3 Å². The summed E-state index contributed by atoms with van der Waals surface area (Å²) in [6, 6.07) is 7.60. The maximum Gasteiger partial charge on any atom is 0.267 e. The topological polar surface area (TPSA) is 44.1 Å². The predicted octanol–water partition coefficient (Wildman–Crippen LogP) is 5.07. The Morgan fingerprint density at radius 2 is 2.12 bits per heavy atom. The Kier molecular flexibility index (Phi) is 5.73. The fourth-order valence-corrected chi connectivity index (χ4v) is 4.98. The van der Waals surface area contributed by atoms with Gasteiger partial charge in [-0.15, -0.1) is 11.3 Å². The van der Waals surface area contributed by atoms with Crippen LogP contribution in [-0.4, -0.2) is 22.4 Å². The van der Waals surface area contributed by atoms with Gasteiger partial charge in [0.1, 0.15) is 10.6 Å². The lowest BCUT2D eigenvalue weighted by molar-refractivity contribution is 0.414. The lowest BCUT2D eigenvalue weighted by Crippen LogP contribution is -2.22. The van der Waals surface area contributed by atoms with E-state index in [1.54, 1.807) is 34.8 Å². The fourth-order valence-electron chi connectivity index (χ4n) is 2.86. The first-order chi connectivity index (χ1) is 12.5. The molecule has 0 aliphatic carbocycles. The van der Waals surface area contributed by atoms with Crippen molar-refractivity contribution in [3.63, 3.8) is 0 Å². The predicted molar refractivity (Wildman–Crippen MR) is 111 cm³/mol. The standard InChI is InChI=1S/C20H24N2O2S2/c1-6-16-13(4)17-18(26-16)21-20(25-11-12(2)3)22(19(17)23)14-8-7-9-15(10-14)24-5/h7-10,12H,6,11H2,1-5H3. The van der Waals surface area contributed by atoms with Crippen LogP contribution in [0.4, 0.5) is 0 Å². The largest absolute Gasteiger partial charge is 0.497 e. The fraction of sp³-hybridized carbons (Fsp3) is 0.400. The zero-order valence-corrected chi connectivity index (χ0v) is 17.5.